The van der Waals surface area contributed by atoms with E-state index < -0.39 is 0 Å². The monoisotopic (exact) mass is 478 g/mol. The van der Waals surface area contributed by atoms with Crippen LogP contribution in [0.2, 0.25) is 0 Å². The van der Waals surface area contributed by atoms with Gasteiger partial charge in [-0.15, -0.1) is 12.8 Å². The molecule has 0 aromatic heterocycles. The summed E-state index contributed by atoms with van der Waals surface area (Å²) in [5, 5.41) is 2.23. The largest absolute Gasteiger partial charge is 0.124 e. The highest BCUT2D eigenvalue weighted by molar-refractivity contribution is 5.73. The first-order valence-electron chi connectivity index (χ1n) is 13.3. The summed E-state index contributed by atoms with van der Waals surface area (Å²) in [4.78, 5) is 0. The first-order chi connectivity index (χ1) is 17.6. The molecule has 0 atom stereocenters. The Morgan fingerprint density at radius 1 is 0.806 bits per heavy atom. The third-order valence-corrected chi connectivity index (χ3v) is 5.19. The van der Waals surface area contributed by atoms with Gasteiger partial charge in [-0.05, 0) is 57.5 Å². The second-order valence-corrected chi connectivity index (χ2v) is 7.93. The van der Waals surface area contributed by atoms with E-state index in [4.69, 9.17) is 0 Å². The number of rotatable bonds is 7. The van der Waals surface area contributed by atoms with Crippen molar-refractivity contribution in [2.45, 2.75) is 67.2 Å². The van der Waals surface area contributed by atoms with Crippen LogP contribution in [0.15, 0.2) is 91.0 Å². The van der Waals surface area contributed by atoms with Crippen LogP contribution in [0.4, 0.5) is 0 Å². The van der Waals surface area contributed by atoms with Crippen LogP contribution in [0.25, 0.3) is 29.4 Å². The molecular weight excluding hydrogens is 432 g/mol. The first-order valence-corrected chi connectivity index (χ1v) is 13.3. The van der Waals surface area contributed by atoms with Crippen molar-refractivity contribution >= 4 is 18.2 Å². The van der Waals surface area contributed by atoms with Crippen molar-refractivity contribution in [3.63, 3.8) is 0 Å². The summed E-state index contributed by atoms with van der Waals surface area (Å²) in [5.74, 6) is 0. The Morgan fingerprint density at radius 2 is 1.42 bits per heavy atom. The maximum atomic E-state index is 4.10. The van der Waals surface area contributed by atoms with Crippen molar-refractivity contribution in [1.29, 1.82) is 0 Å². The Bertz CT molecular complexity index is 1160. The number of hydrogen-bond acceptors (Lipinski definition) is 0. The van der Waals surface area contributed by atoms with E-state index in [1.165, 1.54) is 39.5 Å². The molecule has 0 N–H and O–H groups in total. The minimum absolute atomic E-state index is 0.910. The zero-order chi connectivity index (χ0) is 27.2. The Balaban J connectivity index is 0.00000159. The summed E-state index contributed by atoms with van der Waals surface area (Å²) in [5.41, 5.74) is 6.72. The first kappa shape index (κ1) is 32.4. The van der Waals surface area contributed by atoms with Gasteiger partial charge in [-0.2, -0.15) is 0 Å². The van der Waals surface area contributed by atoms with Crippen molar-refractivity contribution in [2.24, 2.45) is 0 Å². The minimum atomic E-state index is 0.910. The maximum Gasteiger partial charge on any atom is -0.00881 e. The second-order valence-electron chi connectivity index (χ2n) is 7.93. The molecular formula is C36H46. The minimum Gasteiger partial charge on any atom is -0.124 e. The molecule has 0 spiro atoms. The molecule has 0 saturated heterocycles. The Kier molecular flexibility index (Phi) is 18.7. The molecule has 0 amide bonds. The number of terminal acetylenes is 1. The zero-order valence-electron chi connectivity index (χ0n) is 23.4. The van der Waals surface area contributed by atoms with Crippen LogP contribution < -0.4 is 10.4 Å². The van der Waals surface area contributed by atoms with Crippen molar-refractivity contribution in [3.8, 4) is 24.0 Å². The van der Waals surface area contributed by atoms with Crippen LogP contribution in [0, 0.1) is 12.8 Å². The lowest BCUT2D eigenvalue weighted by Crippen LogP contribution is -2.21. The third kappa shape index (κ3) is 11.2. The molecule has 3 aromatic carbocycles. The lowest BCUT2D eigenvalue weighted by Gasteiger charge is -2.13. The molecule has 0 bridgehead atoms. The molecule has 0 aliphatic heterocycles. The average molecular weight is 479 g/mol. The molecule has 0 unspecified atom stereocenters. The Morgan fingerprint density at radius 3 is 2.00 bits per heavy atom. The lowest BCUT2D eigenvalue weighted by atomic mass is 9.91. The van der Waals surface area contributed by atoms with Crippen LogP contribution in [-0.4, -0.2) is 0 Å². The van der Waals surface area contributed by atoms with E-state index in [9.17, 15) is 0 Å². The fraction of sp³-hybridized carbons (Fsp3) is 0.278. The smallest absolute Gasteiger partial charge is 0.00881 e. The zero-order valence-corrected chi connectivity index (χ0v) is 23.4. The molecule has 0 heteroatoms. The topological polar surface area (TPSA) is 0 Å². The molecule has 0 nitrogen and oxygen atoms in total. The van der Waals surface area contributed by atoms with Gasteiger partial charge in [0.15, 0.2) is 0 Å². The predicted octanol–water partition coefficient (Wildman–Crippen LogP) is 9.24. The summed E-state index contributed by atoms with van der Waals surface area (Å²) in [7, 11) is 0. The normalized spacial score (nSPS) is 10.9. The summed E-state index contributed by atoms with van der Waals surface area (Å²) < 4.78 is 0. The van der Waals surface area contributed by atoms with Gasteiger partial charge >= 0.3 is 0 Å². The van der Waals surface area contributed by atoms with Crippen LogP contribution in [0.5, 0.6) is 0 Å². The van der Waals surface area contributed by atoms with Gasteiger partial charge < -0.3 is 0 Å². The number of allylic oxidation sites excluding steroid dienone is 4. The fourth-order valence-electron chi connectivity index (χ4n) is 3.64. The Hall–Kier alpha value is -3.56. The van der Waals surface area contributed by atoms with E-state index in [0.717, 1.165) is 24.5 Å². The van der Waals surface area contributed by atoms with Gasteiger partial charge in [0, 0.05) is 0 Å². The molecule has 0 heterocycles. The third-order valence-electron chi connectivity index (χ3n) is 5.19. The Labute approximate surface area is 221 Å². The van der Waals surface area contributed by atoms with Crippen molar-refractivity contribution in [1.82, 2.24) is 0 Å². The predicted molar refractivity (Wildman–Crippen MR) is 166 cm³/mol. The van der Waals surface area contributed by atoms with Crippen molar-refractivity contribution in [2.75, 3.05) is 0 Å². The van der Waals surface area contributed by atoms with Gasteiger partial charge in [0.2, 0.25) is 0 Å². The van der Waals surface area contributed by atoms with Gasteiger partial charge in [0.1, 0.15) is 0 Å². The van der Waals surface area contributed by atoms with E-state index in [2.05, 4.69) is 132 Å². The van der Waals surface area contributed by atoms with Crippen LogP contribution in [0.3, 0.4) is 0 Å². The lowest BCUT2D eigenvalue weighted by molar-refractivity contribution is 1.09. The van der Waals surface area contributed by atoms with E-state index in [-0.39, 0.29) is 0 Å². The number of benzene rings is 3. The molecule has 36 heavy (non-hydrogen) atoms. The summed E-state index contributed by atoms with van der Waals surface area (Å²) in [6, 6.07) is 25.7. The highest BCUT2D eigenvalue weighted by atomic mass is 14.1. The van der Waals surface area contributed by atoms with Gasteiger partial charge in [0.25, 0.3) is 0 Å². The maximum absolute atomic E-state index is 4.10. The second kappa shape index (κ2) is 20.8. The van der Waals surface area contributed by atoms with Crippen LogP contribution in [0.1, 0.15) is 71.9 Å². The molecule has 3 rings (SSSR count). The average Bonchev–Trinajstić information content (AvgIpc) is 2.94. The van der Waals surface area contributed by atoms with Crippen LogP contribution in [-0.2, 0) is 6.42 Å². The molecule has 0 aliphatic rings. The highest BCUT2D eigenvalue weighted by Gasteiger charge is 2.08. The molecule has 0 fully saturated rings. The molecule has 0 aliphatic carbocycles. The highest BCUT2D eigenvalue weighted by Crippen LogP contribution is 2.28. The van der Waals surface area contributed by atoms with Crippen LogP contribution >= 0.6 is 0 Å². The molecule has 3 aromatic rings. The standard InChI is InChI=1S/C29H30.C3H8.C2H6.C2H2/c1-4-13-24(5-2)29-21-20-27(26-17-7-6-8-18-26)22-28(29)19-12-11-16-25-15-10-9-14-23(25)3;1-3-2;2*1-2/h6-18,20-22H,3-5,19H2,1-2H3;3H2,1-2H3;1-2H3;1-2H/b12-11-,24-13+,25-16-;;;. The summed E-state index contributed by atoms with van der Waals surface area (Å²) in [6.07, 6.45) is 21.2. The van der Waals surface area contributed by atoms with Gasteiger partial charge in [0.05, 0.1) is 0 Å². The fourth-order valence-corrected chi connectivity index (χ4v) is 3.64. The molecule has 0 saturated carbocycles. The van der Waals surface area contributed by atoms with Gasteiger partial charge in [-0.3, -0.25) is 0 Å². The van der Waals surface area contributed by atoms with Gasteiger partial charge in [-0.1, -0.05) is 152 Å². The van der Waals surface area contributed by atoms with E-state index in [0.29, 0.717) is 0 Å². The quantitative estimate of drug-likeness (QED) is 0.297. The van der Waals surface area contributed by atoms with Gasteiger partial charge in [-0.25, -0.2) is 0 Å². The SMILES string of the molecule is C#C.C=c1cccc/c1=C/C=C\Cc1cc(-c2ccccc2)ccc1/C(=C/CC)CC.CC.CCC. The van der Waals surface area contributed by atoms with E-state index in [1.54, 1.807) is 0 Å². The van der Waals surface area contributed by atoms with Crippen molar-refractivity contribution < 1.29 is 0 Å². The summed E-state index contributed by atoms with van der Waals surface area (Å²) >= 11 is 0. The van der Waals surface area contributed by atoms with E-state index >= 15 is 0 Å². The van der Waals surface area contributed by atoms with Crippen molar-refractivity contribution in [3.05, 3.63) is 113 Å². The number of hydrogen-bond donors (Lipinski definition) is 0. The molecule has 190 valence electrons. The molecule has 0 radical (unpaired) electrons. The summed E-state index contributed by atoms with van der Waals surface area (Å²) in [6.45, 7) is 16.8. The van der Waals surface area contributed by atoms with E-state index in [1.807, 2.05) is 26.0 Å².